The summed E-state index contributed by atoms with van der Waals surface area (Å²) in [6, 6.07) is 0. The average Bonchev–Trinajstić information content (AvgIpc) is 2.70. The summed E-state index contributed by atoms with van der Waals surface area (Å²) in [4.78, 5) is 24.4. The summed E-state index contributed by atoms with van der Waals surface area (Å²) in [7, 11) is 0. The molecule has 29 heavy (non-hydrogen) atoms. The largest absolute Gasteiger partial charge is 0.299 e. The lowest BCUT2D eigenvalue weighted by Crippen LogP contribution is -2.21. The Morgan fingerprint density at radius 2 is 0.862 bits per heavy atom. The lowest BCUT2D eigenvalue weighted by Gasteiger charge is -2.12. The van der Waals surface area contributed by atoms with Gasteiger partial charge < -0.3 is 0 Å². The fourth-order valence-electron chi connectivity index (χ4n) is 4.21. The SMILES string of the molecule is CCCCCCCCCCCCC(C(C)=O)C(=O)CCCCCCCCCCC. The maximum Gasteiger partial charge on any atom is 0.143 e. The molecule has 0 aliphatic heterocycles. The molecule has 0 rings (SSSR count). The molecule has 0 aromatic heterocycles. The first-order chi connectivity index (χ1) is 14.1. The van der Waals surface area contributed by atoms with Crippen molar-refractivity contribution in [2.45, 2.75) is 156 Å². The molecule has 0 saturated carbocycles. The fraction of sp³-hybridized carbons (Fsp3) is 0.926. The molecule has 0 saturated heterocycles. The Labute approximate surface area is 183 Å². The predicted octanol–water partition coefficient (Wildman–Crippen LogP) is 8.99. The van der Waals surface area contributed by atoms with E-state index in [0.717, 1.165) is 25.7 Å². The zero-order chi connectivity index (χ0) is 21.6. The first kappa shape index (κ1) is 28.3. The number of unbranched alkanes of at least 4 members (excludes halogenated alkanes) is 17. The Hall–Kier alpha value is -0.660. The molecule has 172 valence electrons. The summed E-state index contributed by atoms with van der Waals surface area (Å²) in [6.45, 7) is 6.12. The third kappa shape index (κ3) is 19.1. The van der Waals surface area contributed by atoms with Gasteiger partial charge in [-0.15, -0.1) is 0 Å². The van der Waals surface area contributed by atoms with Crippen molar-refractivity contribution in [2.24, 2.45) is 5.92 Å². The van der Waals surface area contributed by atoms with Gasteiger partial charge in [0.15, 0.2) is 0 Å². The van der Waals surface area contributed by atoms with E-state index in [0.29, 0.717) is 6.42 Å². The Morgan fingerprint density at radius 1 is 0.517 bits per heavy atom. The van der Waals surface area contributed by atoms with Gasteiger partial charge in [0.1, 0.15) is 11.6 Å². The van der Waals surface area contributed by atoms with Gasteiger partial charge in [0.25, 0.3) is 0 Å². The number of carbonyl (C=O) groups excluding carboxylic acids is 2. The minimum atomic E-state index is -0.321. The van der Waals surface area contributed by atoms with Crippen molar-refractivity contribution in [1.82, 2.24) is 0 Å². The third-order valence-electron chi connectivity index (χ3n) is 6.25. The van der Waals surface area contributed by atoms with Gasteiger partial charge in [0.2, 0.25) is 0 Å². The quantitative estimate of drug-likeness (QED) is 0.125. The van der Waals surface area contributed by atoms with Crippen LogP contribution in [0.4, 0.5) is 0 Å². The molecule has 0 aliphatic carbocycles. The third-order valence-corrected chi connectivity index (χ3v) is 6.25. The van der Waals surface area contributed by atoms with Crippen molar-refractivity contribution in [2.75, 3.05) is 0 Å². The average molecular weight is 409 g/mol. The zero-order valence-corrected chi connectivity index (χ0v) is 20.2. The molecule has 0 aromatic carbocycles. The van der Waals surface area contributed by atoms with Crippen LogP contribution in [-0.2, 0) is 9.59 Å². The molecule has 0 N–H and O–H groups in total. The predicted molar refractivity (Wildman–Crippen MR) is 127 cm³/mol. The highest BCUT2D eigenvalue weighted by Gasteiger charge is 2.21. The Kier molecular flexibility index (Phi) is 21.5. The van der Waals surface area contributed by atoms with Gasteiger partial charge in [0, 0.05) is 6.42 Å². The Morgan fingerprint density at radius 3 is 1.24 bits per heavy atom. The molecule has 0 heterocycles. The first-order valence-electron chi connectivity index (χ1n) is 13.2. The van der Waals surface area contributed by atoms with Crippen molar-refractivity contribution >= 4 is 11.6 Å². The van der Waals surface area contributed by atoms with E-state index in [4.69, 9.17) is 0 Å². The van der Waals surface area contributed by atoms with Gasteiger partial charge in [-0.1, -0.05) is 129 Å². The number of hydrogen-bond acceptors (Lipinski definition) is 2. The number of hydrogen-bond donors (Lipinski definition) is 0. The molecule has 0 radical (unpaired) electrons. The van der Waals surface area contributed by atoms with E-state index >= 15 is 0 Å². The lowest BCUT2D eigenvalue weighted by molar-refractivity contribution is -0.132. The number of carbonyl (C=O) groups is 2. The van der Waals surface area contributed by atoms with Crippen molar-refractivity contribution in [3.63, 3.8) is 0 Å². The molecule has 1 atom stereocenters. The van der Waals surface area contributed by atoms with Crippen LogP contribution in [0, 0.1) is 5.92 Å². The minimum absolute atomic E-state index is 0.0850. The molecule has 0 aromatic rings. The molecule has 0 fully saturated rings. The van der Waals surface area contributed by atoms with E-state index < -0.39 is 0 Å². The van der Waals surface area contributed by atoms with Crippen LogP contribution in [0.3, 0.4) is 0 Å². The summed E-state index contributed by atoms with van der Waals surface area (Å²) < 4.78 is 0. The molecular weight excluding hydrogens is 356 g/mol. The van der Waals surface area contributed by atoms with Gasteiger partial charge in [0.05, 0.1) is 5.92 Å². The number of rotatable bonds is 23. The summed E-state index contributed by atoms with van der Waals surface area (Å²) >= 11 is 0. The van der Waals surface area contributed by atoms with Gasteiger partial charge in [-0.05, 0) is 19.8 Å². The number of Topliss-reactive ketones (excluding diaryl/α,β-unsaturated/α-hetero) is 2. The van der Waals surface area contributed by atoms with Gasteiger partial charge in [-0.3, -0.25) is 9.59 Å². The van der Waals surface area contributed by atoms with Crippen molar-refractivity contribution in [3.05, 3.63) is 0 Å². The minimum Gasteiger partial charge on any atom is -0.299 e. The summed E-state index contributed by atoms with van der Waals surface area (Å²) in [5, 5.41) is 0. The van der Waals surface area contributed by atoms with E-state index in [1.807, 2.05) is 0 Å². The molecule has 0 spiro atoms. The Balaban J connectivity index is 3.66. The maximum atomic E-state index is 12.5. The fourth-order valence-corrected chi connectivity index (χ4v) is 4.21. The van der Waals surface area contributed by atoms with Crippen LogP contribution < -0.4 is 0 Å². The van der Waals surface area contributed by atoms with Crippen LogP contribution in [0.25, 0.3) is 0 Å². The standard InChI is InChI=1S/C27H52O2/c1-4-6-8-10-12-14-16-17-19-21-23-26(25(3)28)27(29)24-22-20-18-15-13-11-9-7-5-2/h26H,4-24H2,1-3H3. The van der Waals surface area contributed by atoms with Crippen LogP contribution in [0.5, 0.6) is 0 Å². The van der Waals surface area contributed by atoms with E-state index in [1.165, 1.54) is 103 Å². The van der Waals surface area contributed by atoms with Crippen LogP contribution in [0.1, 0.15) is 156 Å². The molecular formula is C27H52O2. The van der Waals surface area contributed by atoms with Crippen molar-refractivity contribution in [1.29, 1.82) is 0 Å². The monoisotopic (exact) mass is 408 g/mol. The van der Waals surface area contributed by atoms with Crippen molar-refractivity contribution < 1.29 is 9.59 Å². The van der Waals surface area contributed by atoms with E-state index in [1.54, 1.807) is 6.92 Å². The van der Waals surface area contributed by atoms with E-state index in [2.05, 4.69) is 13.8 Å². The summed E-state index contributed by atoms with van der Waals surface area (Å²) in [5.74, 6) is -0.0312. The van der Waals surface area contributed by atoms with Crippen LogP contribution in [-0.4, -0.2) is 11.6 Å². The highest BCUT2D eigenvalue weighted by Crippen LogP contribution is 2.18. The van der Waals surface area contributed by atoms with Crippen LogP contribution in [0.15, 0.2) is 0 Å². The van der Waals surface area contributed by atoms with Crippen molar-refractivity contribution in [3.8, 4) is 0 Å². The second kappa shape index (κ2) is 22.0. The lowest BCUT2D eigenvalue weighted by atomic mass is 9.90. The zero-order valence-electron chi connectivity index (χ0n) is 20.2. The molecule has 0 aliphatic rings. The summed E-state index contributed by atoms with van der Waals surface area (Å²) in [5.41, 5.74) is 0. The first-order valence-corrected chi connectivity index (χ1v) is 13.2. The molecule has 0 amide bonds. The highest BCUT2D eigenvalue weighted by molar-refractivity contribution is 6.01. The normalized spacial score (nSPS) is 12.2. The van der Waals surface area contributed by atoms with Gasteiger partial charge in [-0.2, -0.15) is 0 Å². The molecule has 1 unspecified atom stereocenters. The van der Waals surface area contributed by atoms with E-state index in [-0.39, 0.29) is 17.5 Å². The second-order valence-corrected chi connectivity index (χ2v) is 9.18. The smallest absolute Gasteiger partial charge is 0.143 e. The van der Waals surface area contributed by atoms with Gasteiger partial charge in [-0.25, -0.2) is 0 Å². The molecule has 2 heteroatoms. The molecule has 0 bridgehead atoms. The van der Waals surface area contributed by atoms with Crippen LogP contribution >= 0.6 is 0 Å². The topological polar surface area (TPSA) is 34.1 Å². The van der Waals surface area contributed by atoms with E-state index in [9.17, 15) is 9.59 Å². The highest BCUT2D eigenvalue weighted by atomic mass is 16.1. The van der Waals surface area contributed by atoms with Gasteiger partial charge >= 0.3 is 0 Å². The molecule has 2 nitrogen and oxygen atoms in total. The summed E-state index contributed by atoms with van der Waals surface area (Å²) in [6.07, 6.45) is 25.7. The van der Waals surface area contributed by atoms with Crippen LogP contribution in [0.2, 0.25) is 0 Å². The Bertz CT molecular complexity index is 375. The maximum absolute atomic E-state index is 12.5. The second-order valence-electron chi connectivity index (χ2n) is 9.18. The number of ketones is 2.